The summed E-state index contributed by atoms with van der Waals surface area (Å²) in [6.07, 6.45) is 4.53. The molecule has 0 spiro atoms. The highest BCUT2D eigenvalue weighted by atomic mass is 35.5. The van der Waals surface area contributed by atoms with Gasteiger partial charge in [0, 0.05) is 30.1 Å². The number of halogens is 1. The van der Waals surface area contributed by atoms with Crippen LogP contribution in [0.2, 0.25) is 5.02 Å². The van der Waals surface area contributed by atoms with Gasteiger partial charge < -0.3 is 16.0 Å². The molecule has 7 unspecified atom stereocenters. The van der Waals surface area contributed by atoms with E-state index >= 15 is 0 Å². The normalized spacial score (nSPS) is 38.2. The Morgan fingerprint density at radius 3 is 2.68 bits per heavy atom. The Balaban J connectivity index is 1.54. The summed E-state index contributed by atoms with van der Waals surface area (Å²) in [6.45, 7) is 2.66. The standard InChI is InChI=1S/C24H30ClN3O3/c1-24(5-6-27-22(24)30)23(31)28(12-13-3-2-4-17(25)9-13)20-16-8-14-7-15(11-16)19(21(26)29)18(20)10-14/h2-4,9,14-16,18-20H,5-8,10-12H2,1H3,(H2,26,29)(H,27,30). The Morgan fingerprint density at radius 2 is 2.00 bits per heavy atom. The quantitative estimate of drug-likeness (QED) is 0.685. The Kier molecular flexibility index (Phi) is 5.04. The predicted octanol–water partition coefficient (Wildman–Crippen LogP) is 2.73. The fraction of sp³-hybridized carbons (Fsp3) is 0.625. The first kappa shape index (κ1) is 20.8. The van der Waals surface area contributed by atoms with Crippen LogP contribution in [0.15, 0.2) is 24.3 Å². The number of carbonyl (C=O) groups excluding carboxylic acids is 3. The van der Waals surface area contributed by atoms with E-state index in [2.05, 4.69) is 5.32 Å². The molecule has 7 heteroatoms. The minimum absolute atomic E-state index is 0.0676. The summed E-state index contributed by atoms with van der Waals surface area (Å²) in [6, 6.07) is 7.47. The number of amides is 3. The van der Waals surface area contributed by atoms with E-state index in [-0.39, 0.29) is 35.6 Å². The van der Waals surface area contributed by atoms with Crippen molar-refractivity contribution in [1.82, 2.24) is 10.2 Å². The van der Waals surface area contributed by atoms with Gasteiger partial charge in [0.15, 0.2) is 0 Å². The molecule has 31 heavy (non-hydrogen) atoms. The van der Waals surface area contributed by atoms with Crippen molar-refractivity contribution in [1.29, 1.82) is 0 Å². The van der Waals surface area contributed by atoms with Gasteiger partial charge in [-0.25, -0.2) is 0 Å². The summed E-state index contributed by atoms with van der Waals surface area (Å²) in [5, 5.41) is 3.45. The van der Waals surface area contributed by atoms with Crippen LogP contribution in [-0.4, -0.2) is 35.2 Å². The molecule has 4 bridgehead atoms. The third-order valence-electron chi connectivity index (χ3n) is 8.45. The number of primary amides is 1. The Hall–Kier alpha value is -2.08. The van der Waals surface area contributed by atoms with Gasteiger partial charge in [-0.15, -0.1) is 0 Å². The molecule has 4 saturated carbocycles. The Bertz CT molecular complexity index is 936. The predicted molar refractivity (Wildman–Crippen MR) is 117 cm³/mol. The lowest BCUT2D eigenvalue weighted by Gasteiger charge is -2.60. The maximum Gasteiger partial charge on any atom is 0.238 e. The molecular weight excluding hydrogens is 414 g/mol. The summed E-state index contributed by atoms with van der Waals surface area (Å²) in [7, 11) is 0. The van der Waals surface area contributed by atoms with E-state index in [0.29, 0.717) is 42.3 Å². The van der Waals surface area contributed by atoms with Gasteiger partial charge in [-0.05, 0) is 80.4 Å². The summed E-state index contributed by atoms with van der Waals surface area (Å²) in [5.74, 6) is 0.626. The summed E-state index contributed by atoms with van der Waals surface area (Å²) >= 11 is 6.23. The van der Waals surface area contributed by atoms with Gasteiger partial charge in [0.2, 0.25) is 17.7 Å². The number of nitrogens with two attached hydrogens (primary N) is 1. The van der Waals surface area contributed by atoms with E-state index in [1.165, 1.54) is 0 Å². The second-order valence-corrected chi connectivity index (χ2v) is 10.7. The Morgan fingerprint density at radius 1 is 1.23 bits per heavy atom. The van der Waals surface area contributed by atoms with Crippen LogP contribution in [0.4, 0.5) is 0 Å². The molecule has 3 amide bonds. The summed E-state index contributed by atoms with van der Waals surface area (Å²) in [4.78, 5) is 41.0. The van der Waals surface area contributed by atoms with E-state index < -0.39 is 5.41 Å². The van der Waals surface area contributed by atoms with Crippen molar-refractivity contribution < 1.29 is 14.4 Å². The first-order valence-corrected chi connectivity index (χ1v) is 11.8. The molecular formula is C24H30ClN3O3. The molecule has 0 radical (unpaired) electrons. The van der Waals surface area contributed by atoms with E-state index in [9.17, 15) is 14.4 Å². The third-order valence-corrected chi connectivity index (χ3v) is 8.68. The highest BCUT2D eigenvalue weighted by Crippen LogP contribution is 2.58. The largest absolute Gasteiger partial charge is 0.369 e. The van der Waals surface area contributed by atoms with Crippen molar-refractivity contribution in [2.45, 2.75) is 51.6 Å². The monoisotopic (exact) mass is 443 g/mol. The lowest BCUT2D eigenvalue weighted by molar-refractivity contribution is -0.166. The zero-order valence-corrected chi connectivity index (χ0v) is 18.6. The van der Waals surface area contributed by atoms with Crippen molar-refractivity contribution in [2.24, 2.45) is 40.7 Å². The van der Waals surface area contributed by atoms with Crippen LogP contribution in [0.1, 0.15) is 44.6 Å². The van der Waals surface area contributed by atoms with E-state index in [1.807, 2.05) is 29.2 Å². The molecule has 4 aliphatic carbocycles. The number of hydrogen-bond donors (Lipinski definition) is 2. The molecule has 3 N–H and O–H groups in total. The number of carbonyl (C=O) groups is 3. The van der Waals surface area contributed by atoms with Gasteiger partial charge in [-0.2, -0.15) is 0 Å². The van der Waals surface area contributed by atoms with Gasteiger partial charge in [-0.3, -0.25) is 14.4 Å². The van der Waals surface area contributed by atoms with Crippen molar-refractivity contribution >= 4 is 29.3 Å². The van der Waals surface area contributed by atoms with E-state index in [0.717, 1.165) is 31.2 Å². The number of rotatable bonds is 5. The van der Waals surface area contributed by atoms with Crippen LogP contribution in [0.3, 0.4) is 0 Å². The Labute approximate surface area is 187 Å². The second-order valence-electron chi connectivity index (χ2n) is 10.3. The summed E-state index contributed by atoms with van der Waals surface area (Å²) in [5.41, 5.74) is 5.74. The molecule has 6 rings (SSSR count). The number of nitrogens with one attached hydrogen (secondary N) is 1. The van der Waals surface area contributed by atoms with E-state index in [1.54, 1.807) is 6.92 Å². The molecule has 6 nitrogen and oxygen atoms in total. The van der Waals surface area contributed by atoms with Crippen molar-refractivity contribution in [2.75, 3.05) is 6.54 Å². The lowest BCUT2D eigenvalue weighted by Crippen LogP contribution is -2.64. The zero-order valence-electron chi connectivity index (χ0n) is 17.9. The van der Waals surface area contributed by atoms with Gasteiger partial charge in [-0.1, -0.05) is 23.7 Å². The lowest BCUT2D eigenvalue weighted by atomic mass is 9.49. The maximum atomic E-state index is 14.0. The average Bonchev–Trinajstić information content (AvgIpc) is 3.05. The average molecular weight is 444 g/mol. The number of nitrogens with zero attached hydrogens (tertiary/aromatic N) is 1. The smallest absolute Gasteiger partial charge is 0.238 e. The number of hydrogen-bond acceptors (Lipinski definition) is 3. The first-order chi connectivity index (χ1) is 14.8. The summed E-state index contributed by atoms with van der Waals surface area (Å²) < 4.78 is 0. The van der Waals surface area contributed by atoms with Gasteiger partial charge in [0.05, 0.1) is 0 Å². The van der Waals surface area contributed by atoms with Gasteiger partial charge in [0.25, 0.3) is 0 Å². The topological polar surface area (TPSA) is 92.5 Å². The molecule has 1 aromatic rings. The molecule has 0 aromatic heterocycles. The molecule has 7 atom stereocenters. The molecule has 1 aromatic carbocycles. The molecule has 1 saturated heterocycles. The molecule has 5 aliphatic rings. The zero-order chi connectivity index (χ0) is 21.9. The third kappa shape index (κ3) is 3.34. The van der Waals surface area contributed by atoms with E-state index in [4.69, 9.17) is 17.3 Å². The van der Waals surface area contributed by atoms with Gasteiger partial charge >= 0.3 is 0 Å². The first-order valence-electron chi connectivity index (χ1n) is 11.4. The fourth-order valence-corrected chi connectivity index (χ4v) is 7.42. The van der Waals surface area contributed by atoms with Crippen molar-refractivity contribution in [3.8, 4) is 0 Å². The van der Waals surface area contributed by atoms with Crippen LogP contribution in [0.5, 0.6) is 0 Å². The SMILES string of the molecule is CC1(C(=O)N(Cc2cccc(Cl)c2)C2C3CC4CC(C3)C(C(N)=O)C2C4)CCNC1=O. The molecule has 5 fully saturated rings. The van der Waals surface area contributed by atoms with Gasteiger partial charge in [0.1, 0.15) is 5.41 Å². The molecule has 1 aliphatic heterocycles. The minimum Gasteiger partial charge on any atom is -0.369 e. The van der Waals surface area contributed by atoms with Crippen molar-refractivity contribution in [3.63, 3.8) is 0 Å². The maximum absolute atomic E-state index is 14.0. The highest BCUT2D eigenvalue weighted by Gasteiger charge is 2.59. The fourth-order valence-electron chi connectivity index (χ4n) is 7.21. The van der Waals surface area contributed by atoms with Crippen LogP contribution < -0.4 is 11.1 Å². The minimum atomic E-state index is -1.07. The van der Waals surface area contributed by atoms with Crippen LogP contribution in [0.25, 0.3) is 0 Å². The van der Waals surface area contributed by atoms with Crippen molar-refractivity contribution in [3.05, 3.63) is 34.9 Å². The van der Waals surface area contributed by atoms with Crippen LogP contribution in [0, 0.1) is 35.0 Å². The van der Waals surface area contributed by atoms with Crippen LogP contribution >= 0.6 is 11.6 Å². The second kappa shape index (κ2) is 7.51. The highest BCUT2D eigenvalue weighted by molar-refractivity contribution is 6.30. The molecule has 1 heterocycles. The number of benzene rings is 1. The molecule has 166 valence electrons. The van der Waals surface area contributed by atoms with Crippen LogP contribution in [-0.2, 0) is 20.9 Å².